The fourth-order valence-electron chi connectivity index (χ4n) is 2.73. The molecule has 0 unspecified atom stereocenters. The third-order valence-electron chi connectivity index (χ3n) is 4.34. The summed E-state index contributed by atoms with van der Waals surface area (Å²) in [4.78, 5) is 9.01. The van der Waals surface area contributed by atoms with E-state index in [2.05, 4.69) is 31.0 Å². The van der Waals surface area contributed by atoms with E-state index >= 15 is 0 Å². The summed E-state index contributed by atoms with van der Waals surface area (Å²) >= 11 is 0. The number of hydrogen-bond donors (Lipinski definition) is 6. The average molecular weight is 430 g/mol. The molecule has 1 aromatic heterocycles. The Balaban J connectivity index is 1.58. The highest BCUT2D eigenvalue weighted by molar-refractivity contribution is 5.84. The smallest absolute Gasteiger partial charge is 0.192 e. The van der Waals surface area contributed by atoms with Crippen molar-refractivity contribution in [1.82, 2.24) is 9.97 Å². The Hall–Kier alpha value is -4.86. The third kappa shape index (κ3) is 4.65. The van der Waals surface area contributed by atoms with Crippen LogP contribution in [0.5, 0.6) is 23.0 Å². The molecule has 3 aromatic carbocycles. The summed E-state index contributed by atoms with van der Waals surface area (Å²) in [5, 5.41) is 46.2. The number of aromatic nitrogens is 2. The molecule has 0 amide bonds. The molecule has 4 rings (SSSR count). The van der Waals surface area contributed by atoms with E-state index in [1.807, 2.05) is 24.3 Å². The van der Waals surface area contributed by atoms with Gasteiger partial charge in [-0.1, -0.05) is 12.1 Å². The molecule has 0 spiro atoms. The monoisotopic (exact) mass is 430 g/mol. The molecule has 10 nitrogen and oxygen atoms in total. The Kier molecular flexibility index (Phi) is 5.66. The van der Waals surface area contributed by atoms with Crippen LogP contribution in [0.15, 0.2) is 70.9 Å². The first kappa shape index (κ1) is 20.4. The number of fused-ring (bicyclic) bond motifs is 1. The highest BCUT2D eigenvalue weighted by Crippen LogP contribution is 2.25. The van der Waals surface area contributed by atoms with Crippen molar-refractivity contribution in [3.63, 3.8) is 0 Å². The van der Waals surface area contributed by atoms with Crippen molar-refractivity contribution < 1.29 is 20.4 Å². The van der Waals surface area contributed by atoms with E-state index in [1.165, 1.54) is 36.7 Å². The SMILES string of the molecule is Oc1ccc(C=NNc2nc3ccccc3nc2NN=Cc2ccc(O)c(O)c2)cc1O. The van der Waals surface area contributed by atoms with Gasteiger partial charge in [0.15, 0.2) is 34.6 Å². The van der Waals surface area contributed by atoms with Crippen LogP contribution in [0.2, 0.25) is 0 Å². The van der Waals surface area contributed by atoms with Crippen molar-refractivity contribution in [2.75, 3.05) is 10.9 Å². The minimum Gasteiger partial charge on any atom is -0.504 e. The standard InChI is InChI=1S/C22H18N6O4/c29-17-7-5-13(9-19(17)31)11-23-27-21-22(26-16-4-2-1-3-15(16)25-21)28-24-12-14-6-8-18(30)20(32)10-14/h1-12,29-32H,(H,25,27)(H,26,28). The molecule has 10 heteroatoms. The molecule has 1 heterocycles. The molecule has 0 saturated heterocycles. The number of hydrazone groups is 2. The fraction of sp³-hybridized carbons (Fsp3) is 0. The molecule has 4 aromatic rings. The van der Waals surface area contributed by atoms with Crippen molar-refractivity contribution in [2.45, 2.75) is 0 Å². The van der Waals surface area contributed by atoms with Gasteiger partial charge in [-0.2, -0.15) is 10.2 Å². The predicted octanol–water partition coefficient (Wildman–Crippen LogP) is 3.34. The summed E-state index contributed by atoms with van der Waals surface area (Å²) in [5.41, 5.74) is 7.99. The molecule has 0 bridgehead atoms. The molecule has 160 valence electrons. The largest absolute Gasteiger partial charge is 0.504 e. The summed E-state index contributed by atoms with van der Waals surface area (Å²) in [7, 11) is 0. The quantitative estimate of drug-likeness (QED) is 0.155. The molecular weight excluding hydrogens is 412 g/mol. The zero-order valence-corrected chi connectivity index (χ0v) is 16.5. The van der Waals surface area contributed by atoms with Gasteiger partial charge in [0.05, 0.1) is 23.5 Å². The second-order valence-corrected chi connectivity index (χ2v) is 6.65. The van der Waals surface area contributed by atoms with Crippen LogP contribution in [0, 0.1) is 0 Å². The normalized spacial score (nSPS) is 11.4. The molecule has 32 heavy (non-hydrogen) atoms. The van der Waals surface area contributed by atoms with Crippen LogP contribution in [0.4, 0.5) is 11.6 Å². The molecule has 0 fully saturated rings. The minimum absolute atomic E-state index is 0.221. The molecule has 0 radical (unpaired) electrons. The lowest BCUT2D eigenvalue weighted by Gasteiger charge is -2.08. The van der Waals surface area contributed by atoms with Crippen molar-refractivity contribution >= 4 is 35.1 Å². The van der Waals surface area contributed by atoms with Crippen molar-refractivity contribution in [3.8, 4) is 23.0 Å². The number of aromatic hydroxyl groups is 4. The van der Waals surface area contributed by atoms with E-state index in [0.29, 0.717) is 33.8 Å². The summed E-state index contributed by atoms with van der Waals surface area (Å²) in [6.07, 6.45) is 2.89. The highest BCUT2D eigenvalue weighted by atomic mass is 16.3. The molecule has 0 aliphatic heterocycles. The van der Waals surface area contributed by atoms with Gasteiger partial charge < -0.3 is 20.4 Å². The van der Waals surface area contributed by atoms with E-state index in [1.54, 1.807) is 12.1 Å². The predicted molar refractivity (Wildman–Crippen MR) is 122 cm³/mol. The molecule has 6 N–H and O–H groups in total. The summed E-state index contributed by atoms with van der Waals surface area (Å²) in [6.45, 7) is 0. The molecular formula is C22H18N6O4. The Morgan fingerprint density at radius 3 is 1.44 bits per heavy atom. The second kappa shape index (κ2) is 8.88. The van der Waals surface area contributed by atoms with Gasteiger partial charge in [0, 0.05) is 0 Å². The minimum atomic E-state index is -0.253. The first-order chi connectivity index (χ1) is 15.5. The number of phenolic OH excluding ortho intramolecular Hbond substituents is 4. The van der Waals surface area contributed by atoms with Gasteiger partial charge in [0.2, 0.25) is 0 Å². The zero-order valence-electron chi connectivity index (χ0n) is 16.5. The van der Waals surface area contributed by atoms with Crippen molar-refractivity contribution in [2.24, 2.45) is 10.2 Å². The maximum atomic E-state index is 9.59. The molecule has 0 aliphatic rings. The Morgan fingerprint density at radius 1 is 0.594 bits per heavy atom. The van der Waals surface area contributed by atoms with Crippen LogP contribution in [-0.4, -0.2) is 42.8 Å². The topological polar surface area (TPSA) is 155 Å². The fourth-order valence-corrected chi connectivity index (χ4v) is 2.73. The van der Waals surface area contributed by atoms with Crippen LogP contribution < -0.4 is 10.9 Å². The van der Waals surface area contributed by atoms with E-state index in [-0.39, 0.29) is 23.0 Å². The molecule has 0 aliphatic carbocycles. The molecule has 0 saturated carbocycles. The van der Waals surface area contributed by atoms with E-state index in [0.717, 1.165) is 0 Å². The Bertz CT molecular complexity index is 1240. The number of para-hydroxylation sites is 2. The molecule has 0 atom stereocenters. The van der Waals surface area contributed by atoms with Crippen LogP contribution in [-0.2, 0) is 0 Å². The summed E-state index contributed by atoms with van der Waals surface area (Å²) in [6, 6.07) is 15.9. The number of hydrogen-bond acceptors (Lipinski definition) is 10. The van der Waals surface area contributed by atoms with Gasteiger partial charge in [-0.3, -0.25) is 10.9 Å². The number of benzene rings is 3. The van der Waals surface area contributed by atoms with Crippen LogP contribution in [0.3, 0.4) is 0 Å². The van der Waals surface area contributed by atoms with E-state index in [4.69, 9.17) is 0 Å². The number of rotatable bonds is 6. The average Bonchev–Trinajstić information content (AvgIpc) is 2.78. The number of nitrogens with zero attached hydrogens (tertiary/aromatic N) is 4. The Labute approximate surface area is 181 Å². The van der Waals surface area contributed by atoms with Crippen LogP contribution >= 0.6 is 0 Å². The van der Waals surface area contributed by atoms with Crippen molar-refractivity contribution in [1.29, 1.82) is 0 Å². The highest BCUT2D eigenvalue weighted by Gasteiger charge is 2.08. The summed E-state index contributed by atoms with van der Waals surface area (Å²) in [5.74, 6) is -0.348. The first-order valence-electron chi connectivity index (χ1n) is 9.38. The van der Waals surface area contributed by atoms with Gasteiger partial charge in [-0.15, -0.1) is 0 Å². The summed E-state index contributed by atoms with van der Waals surface area (Å²) < 4.78 is 0. The van der Waals surface area contributed by atoms with Gasteiger partial charge in [-0.25, -0.2) is 9.97 Å². The lowest BCUT2D eigenvalue weighted by Crippen LogP contribution is -2.03. The van der Waals surface area contributed by atoms with Crippen LogP contribution in [0.25, 0.3) is 11.0 Å². The van der Waals surface area contributed by atoms with E-state index in [9.17, 15) is 20.4 Å². The number of anilines is 2. The van der Waals surface area contributed by atoms with Gasteiger partial charge in [0.1, 0.15) is 0 Å². The second-order valence-electron chi connectivity index (χ2n) is 6.65. The van der Waals surface area contributed by atoms with Gasteiger partial charge in [0.25, 0.3) is 0 Å². The third-order valence-corrected chi connectivity index (χ3v) is 4.34. The van der Waals surface area contributed by atoms with Crippen molar-refractivity contribution in [3.05, 3.63) is 71.8 Å². The zero-order chi connectivity index (χ0) is 22.5. The van der Waals surface area contributed by atoms with Crippen LogP contribution in [0.1, 0.15) is 11.1 Å². The van der Waals surface area contributed by atoms with Gasteiger partial charge in [-0.05, 0) is 59.7 Å². The Morgan fingerprint density at radius 2 is 1.03 bits per heavy atom. The maximum absolute atomic E-state index is 9.59. The van der Waals surface area contributed by atoms with Gasteiger partial charge >= 0.3 is 0 Å². The number of phenols is 4. The lowest BCUT2D eigenvalue weighted by atomic mass is 10.2. The lowest BCUT2D eigenvalue weighted by molar-refractivity contribution is 0.403. The number of nitrogens with one attached hydrogen (secondary N) is 2. The van der Waals surface area contributed by atoms with E-state index < -0.39 is 0 Å². The maximum Gasteiger partial charge on any atom is 0.192 e. The first-order valence-corrected chi connectivity index (χ1v) is 9.38.